The Morgan fingerprint density at radius 3 is 2.72 bits per heavy atom. The number of urea groups is 1. The number of anilines is 1. The van der Waals surface area contributed by atoms with Gasteiger partial charge in [0.25, 0.3) is 5.91 Å². The number of benzene rings is 2. The molecule has 2 aliphatic rings. The first kappa shape index (κ1) is 21.8. The highest BCUT2D eigenvalue weighted by Crippen LogP contribution is 2.28. The third-order valence-electron chi connectivity index (χ3n) is 5.88. The van der Waals surface area contributed by atoms with Crippen LogP contribution in [0.1, 0.15) is 39.9 Å². The number of hydrogen-bond donors (Lipinski definition) is 2. The van der Waals surface area contributed by atoms with E-state index in [0.29, 0.717) is 29.2 Å². The van der Waals surface area contributed by atoms with E-state index in [0.717, 1.165) is 16.7 Å². The maximum Gasteiger partial charge on any atom is 0.321 e. The smallest absolute Gasteiger partial charge is 0.321 e. The van der Waals surface area contributed by atoms with Crippen LogP contribution in [0.15, 0.2) is 36.4 Å². The monoisotopic (exact) mass is 454 g/mol. The maximum absolute atomic E-state index is 12.9. The highest BCUT2D eigenvalue weighted by Gasteiger charge is 2.39. The molecule has 0 aliphatic carbocycles. The van der Waals surface area contributed by atoms with Gasteiger partial charge in [0.2, 0.25) is 11.8 Å². The molecule has 2 aromatic rings. The van der Waals surface area contributed by atoms with Crippen LogP contribution in [0, 0.1) is 6.92 Å². The first-order valence-electron chi connectivity index (χ1n) is 10.3. The van der Waals surface area contributed by atoms with E-state index in [2.05, 4.69) is 10.6 Å². The van der Waals surface area contributed by atoms with Gasteiger partial charge < -0.3 is 10.2 Å². The average Bonchev–Trinajstić information content (AvgIpc) is 3.09. The predicted octanol–water partition coefficient (Wildman–Crippen LogP) is 2.76. The zero-order valence-electron chi connectivity index (χ0n) is 17.8. The van der Waals surface area contributed by atoms with Gasteiger partial charge in [-0.25, -0.2) is 4.79 Å². The summed E-state index contributed by atoms with van der Waals surface area (Å²) in [5.74, 6) is -0.991. The molecule has 1 fully saturated rings. The van der Waals surface area contributed by atoms with Crippen LogP contribution in [-0.4, -0.2) is 41.7 Å². The summed E-state index contributed by atoms with van der Waals surface area (Å²) in [6.07, 6.45) is 0.538. The van der Waals surface area contributed by atoms with Crippen LogP contribution in [0.3, 0.4) is 0 Å². The number of imide groups is 1. The number of amides is 5. The molecule has 2 aromatic carbocycles. The molecule has 2 aliphatic heterocycles. The lowest BCUT2D eigenvalue weighted by Crippen LogP contribution is -2.52. The van der Waals surface area contributed by atoms with Gasteiger partial charge in [-0.1, -0.05) is 29.8 Å². The molecule has 4 rings (SSSR count). The fraction of sp³-hybridized carbons (Fsp3) is 0.304. The minimum atomic E-state index is -0.647. The van der Waals surface area contributed by atoms with E-state index in [9.17, 15) is 19.2 Å². The molecule has 1 atom stereocenters. The highest BCUT2D eigenvalue weighted by molar-refractivity contribution is 6.31. The third kappa shape index (κ3) is 4.18. The van der Waals surface area contributed by atoms with Crippen molar-refractivity contribution in [2.45, 2.75) is 38.9 Å². The lowest BCUT2D eigenvalue weighted by Gasteiger charge is -2.29. The van der Waals surface area contributed by atoms with Gasteiger partial charge >= 0.3 is 6.03 Å². The first-order chi connectivity index (χ1) is 15.2. The molecule has 0 aromatic heterocycles. The van der Waals surface area contributed by atoms with Gasteiger partial charge in [-0.05, 0) is 48.2 Å². The number of hydrogen-bond acceptors (Lipinski definition) is 4. The number of carbonyl (C=O) groups is 4. The van der Waals surface area contributed by atoms with Crippen LogP contribution in [0.2, 0.25) is 5.02 Å². The Morgan fingerprint density at radius 2 is 2.00 bits per heavy atom. The molecule has 0 bridgehead atoms. The van der Waals surface area contributed by atoms with E-state index in [1.165, 1.54) is 9.80 Å². The zero-order chi connectivity index (χ0) is 23.0. The third-order valence-corrected chi connectivity index (χ3v) is 6.29. The number of fused-ring (bicyclic) bond motifs is 1. The van der Waals surface area contributed by atoms with Crippen molar-refractivity contribution in [1.29, 1.82) is 0 Å². The van der Waals surface area contributed by atoms with Crippen molar-refractivity contribution >= 4 is 41.0 Å². The highest BCUT2D eigenvalue weighted by atomic mass is 35.5. The van der Waals surface area contributed by atoms with Gasteiger partial charge in [0.15, 0.2) is 0 Å². The Balaban J connectivity index is 1.41. The molecule has 1 saturated heterocycles. The summed E-state index contributed by atoms with van der Waals surface area (Å²) in [6.45, 7) is 2.45. The fourth-order valence-corrected chi connectivity index (χ4v) is 4.09. The van der Waals surface area contributed by atoms with Crippen LogP contribution in [0.4, 0.5) is 10.5 Å². The number of nitrogens with zero attached hydrogens (tertiary/aromatic N) is 2. The summed E-state index contributed by atoms with van der Waals surface area (Å²) >= 11 is 6.15. The summed E-state index contributed by atoms with van der Waals surface area (Å²) in [7, 11) is 1.65. The standard InChI is InChI=1S/C23H23ClN4O4/c1-13-3-6-16(10-18(13)24)27(2)23(32)25-11-14-4-5-15-12-28(22(31)17(15)9-14)19-7-8-20(29)26-21(19)30/h3-6,9-10,19H,7-8,11-12H2,1-2H3,(H,25,32)(H,26,29,30). The molecule has 9 heteroatoms. The zero-order valence-corrected chi connectivity index (χ0v) is 18.5. The molecule has 166 valence electrons. The van der Waals surface area contributed by atoms with Crippen molar-refractivity contribution in [3.8, 4) is 0 Å². The molecule has 0 saturated carbocycles. The summed E-state index contributed by atoms with van der Waals surface area (Å²) in [4.78, 5) is 52.0. The molecule has 1 unspecified atom stereocenters. The number of carbonyl (C=O) groups excluding carboxylic acids is 4. The number of halogens is 1. The fourth-order valence-electron chi connectivity index (χ4n) is 3.92. The Hall–Kier alpha value is -3.39. The lowest BCUT2D eigenvalue weighted by atomic mass is 10.0. The van der Waals surface area contributed by atoms with Crippen LogP contribution in [-0.2, 0) is 22.7 Å². The molecule has 8 nitrogen and oxygen atoms in total. The number of rotatable bonds is 4. The van der Waals surface area contributed by atoms with E-state index >= 15 is 0 Å². The summed E-state index contributed by atoms with van der Waals surface area (Å²) in [6, 6.07) is 9.88. The van der Waals surface area contributed by atoms with Crippen LogP contribution in [0.5, 0.6) is 0 Å². The summed E-state index contributed by atoms with van der Waals surface area (Å²) in [5, 5.41) is 5.72. The molecule has 2 N–H and O–H groups in total. The van der Waals surface area contributed by atoms with Crippen molar-refractivity contribution in [2.24, 2.45) is 0 Å². The summed E-state index contributed by atoms with van der Waals surface area (Å²) in [5.41, 5.74) is 3.70. The SMILES string of the molecule is Cc1ccc(N(C)C(=O)NCc2ccc3c(c2)C(=O)N(C2CCC(=O)NC2=O)C3)cc1Cl. The Bertz CT molecular complexity index is 1130. The minimum Gasteiger partial charge on any atom is -0.334 e. The van der Waals surface area contributed by atoms with Crippen LogP contribution < -0.4 is 15.5 Å². The van der Waals surface area contributed by atoms with Crippen molar-refractivity contribution in [3.05, 3.63) is 63.7 Å². The Labute approximate surface area is 190 Å². The molecule has 0 spiro atoms. The van der Waals surface area contributed by atoms with Crippen molar-refractivity contribution in [2.75, 3.05) is 11.9 Å². The number of nitrogens with one attached hydrogen (secondary N) is 2. The second kappa shape index (κ2) is 8.63. The normalized spacial score (nSPS) is 17.8. The molecular formula is C23H23ClN4O4. The van der Waals surface area contributed by atoms with Gasteiger partial charge in [0.1, 0.15) is 6.04 Å². The first-order valence-corrected chi connectivity index (χ1v) is 10.7. The van der Waals surface area contributed by atoms with E-state index < -0.39 is 11.9 Å². The van der Waals surface area contributed by atoms with Crippen LogP contribution >= 0.6 is 11.6 Å². The quantitative estimate of drug-likeness (QED) is 0.694. The lowest BCUT2D eigenvalue weighted by molar-refractivity contribution is -0.136. The van der Waals surface area contributed by atoms with E-state index in [4.69, 9.17) is 11.6 Å². The molecule has 5 amide bonds. The van der Waals surface area contributed by atoms with Crippen molar-refractivity contribution < 1.29 is 19.2 Å². The average molecular weight is 455 g/mol. The second-order valence-corrected chi connectivity index (χ2v) is 8.45. The number of piperidine rings is 1. The van der Waals surface area contributed by atoms with Gasteiger partial charge in [0.05, 0.1) is 0 Å². The van der Waals surface area contributed by atoms with Crippen molar-refractivity contribution in [3.63, 3.8) is 0 Å². The van der Waals surface area contributed by atoms with E-state index in [1.807, 2.05) is 31.2 Å². The molecule has 0 radical (unpaired) electrons. The maximum atomic E-state index is 12.9. The van der Waals surface area contributed by atoms with Gasteiger partial charge in [-0.15, -0.1) is 0 Å². The molecule has 32 heavy (non-hydrogen) atoms. The summed E-state index contributed by atoms with van der Waals surface area (Å²) < 4.78 is 0. The molecular weight excluding hydrogens is 432 g/mol. The Morgan fingerprint density at radius 1 is 1.22 bits per heavy atom. The Kier molecular flexibility index (Phi) is 5.88. The number of aryl methyl sites for hydroxylation is 1. The van der Waals surface area contributed by atoms with Gasteiger partial charge in [-0.3, -0.25) is 24.6 Å². The second-order valence-electron chi connectivity index (χ2n) is 8.04. The topological polar surface area (TPSA) is 98.8 Å². The van der Waals surface area contributed by atoms with Gasteiger partial charge in [-0.2, -0.15) is 0 Å². The molecule has 2 heterocycles. The van der Waals surface area contributed by atoms with Crippen LogP contribution in [0.25, 0.3) is 0 Å². The van der Waals surface area contributed by atoms with Crippen molar-refractivity contribution in [1.82, 2.24) is 15.5 Å². The van der Waals surface area contributed by atoms with E-state index in [-0.39, 0.29) is 30.8 Å². The largest absolute Gasteiger partial charge is 0.334 e. The predicted molar refractivity (Wildman–Crippen MR) is 119 cm³/mol. The van der Waals surface area contributed by atoms with E-state index in [1.54, 1.807) is 19.2 Å². The minimum absolute atomic E-state index is 0.216. The van der Waals surface area contributed by atoms with Gasteiger partial charge in [0, 0.05) is 42.8 Å².